The standard InChI is InChI=1S/C27H33N7O2/c1-5-11-21-23-24(34(4)33-21)26(35)32-25(31-23)20-17-19(14-15-22(20)36-16-6-2)30-27(28-7-3)29-18-12-9-8-10-13-18/h8-10,12-15,17H,5-7,11,16H2,1-4H3,(H2,28,29,30)(H,31,32,35). The quantitative estimate of drug-likeness (QED) is 0.227. The third-order valence-corrected chi connectivity index (χ3v) is 5.56. The third kappa shape index (κ3) is 5.56. The minimum atomic E-state index is -0.230. The van der Waals surface area contributed by atoms with Crippen LogP contribution >= 0.6 is 0 Å². The number of H-pyrrole nitrogens is 1. The third-order valence-electron chi connectivity index (χ3n) is 5.56. The number of aryl methyl sites for hydroxylation is 2. The van der Waals surface area contributed by atoms with E-state index in [1.165, 1.54) is 0 Å². The number of nitrogens with one attached hydrogen (secondary N) is 3. The minimum absolute atomic E-state index is 0.230. The number of ether oxygens (including phenoxy) is 1. The van der Waals surface area contributed by atoms with E-state index in [-0.39, 0.29) is 5.56 Å². The summed E-state index contributed by atoms with van der Waals surface area (Å²) in [7, 11) is 1.77. The van der Waals surface area contributed by atoms with E-state index in [1.54, 1.807) is 11.7 Å². The maximum absolute atomic E-state index is 13.0. The van der Waals surface area contributed by atoms with E-state index in [4.69, 9.17) is 9.72 Å². The van der Waals surface area contributed by atoms with Gasteiger partial charge in [-0.15, -0.1) is 0 Å². The van der Waals surface area contributed by atoms with Crippen molar-refractivity contribution < 1.29 is 4.74 Å². The van der Waals surface area contributed by atoms with Crippen LogP contribution in [0.4, 0.5) is 11.4 Å². The zero-order valence-electron chi connectivity index (χ0n) is 21.3. The molecule has 0 amide bonds. The first-order valence-corrected chi connectivity index (χ1v) is 12.4. The Balaban J connectivity index is 1.76. The lowest BCUT2D eigenvalue weighted by Gasteiger charge is -2.16. The number of nitrogens with zero attached hydrogens (tertiary/aromatic N) is 4. The van der Waals surface area contributed by atoms with Gasteiger partial charge in [0.1, 0.15) is 17.1 Å². The predicted molar refractivity (Wildman–Crippen MR) is 146 cm³/mol. The highest BCUT2D eigenvalue weighted by atomic mass is 16.5. The van der Waals surface area contributed by atoms with Gasteiger partial charge in [-0.2, -0.15) is 5.10 Å². The van der Waals surface area contributed by atoms with Gasteiger partial charge < -0.3 is 20.4 Å². The molecule has 0 saturated carbocycles. The lowest BCUT2D eigenvalue weighted by molar-refractivity contribution is 0.318. The van der Waals surface area contributed by atoms with Crippen molar-refractivity contribution in [3.05, 3.63) is 64.6 Å². The Morgan fingerprint density at radius 2 is 1.83 bits per heavy atom. The summed E-state index contributed by atoms with van der Waals surface area (Å²) in [6.45, 7) is 7.28. The molecular weight excluding hydrogens is 454 g/mol. The van der Waals surface area contributed by atoms with E-state index in [0.29, 0.717) is 47.3 Å². The number of fused-ring (bicyclic) bond motifs is 1. The summed E-state index contributed by atoms with van der Waals surface area (Å²) in [5, 5.41) is 11.2. The number of aliphatic imine (C=N–C) groups is 1. The van der Waals surface area contributed by atoms with Gasteiger partial charge in [0.15, 0.2) is 11.5 Å². The number of benzene rings is 2. The molecule has 0 aliphatic heterocycles. The highest BCUT2D eigenvalue weighted by Crippen LogP contribution is 2.31. The Labute approximate surface area is 210 Å². The van der Waals surface area contributed by atoms with E-state index in [9.17, 15) is 4.79 Å². The molecule has 0 fully saturated rings. The molecule has 3 N–H and O–H groups in total. The predicted octanol–water partition coefficient (Wildman–Crippen LogP) is 4.96. The normalized spacial score (nSPS) is 11.6. The van der Waals surface area contributed by atoms with Gasteiger partial charge in [0.2, 0.25) is 0 Å². The smallest absolute Gasteiger partial charge is 0.277 e. The molecule has 4 rings (SSSR count). The van der Waals surface area contributed by atoms with Crippen molar-refractivity contribution >= 4 is 28.4 Å². The molecule has 0 saturated heterocycles. The van der Waals surface area contributed by atoms with Crippen LogP contribution in [0.3, 0.4) is 0 Å². The first kappa shape index (κ1) is 25.0. The van der Waals surface area contributed by atoms with E-state index >= 15 is 0 Å². The molecule has 0 bridgehead atoms. The van der Waals surface area contributed by atoms with Gasteiger partial charge >= 0.3 is 0 Å². The average Bonchev–Trinajstić information content (AvgIpc) is 3.19. The molecule has 2 aromatic carbocycles. The largest absolute Gasteiger partial charge is 0.493 e. The summed E-state index contributed by atoms with van der Waals surface area (Å²) in [6.07, 6.45) is 2.52. The first-order chi connectivity index (χ1) is 17.5. The van der Waals surface area contributed by atoms with Crippen molar-refractivity contribution in [3.63, 3.8) is 0 Å². The number of para-hydroxylation sites is 1. The summed E-state index contributed by atoms with van der Waals surface area (Å²) >= 11 is 0. The van der Waals surface area contributed by atoms with E-state index < -0.39 is 0 Å². The zero-order valence-corrected chi connectivity index (χ0v) is 21.3. The molecule has 0 aliphatic carbocycles. The summed E-state index contributed by atoms with van der Waals surface area (Å²) in [6, 6.07) is 15.6. The molecule has 2 aromatic heterocycles. The monoisotopic (exact) mass is 487 g/mol. The van der Waals surface area contributed by atoms with Crippen LogP contribution in [-0.2, 0) is 13.5 Å². The second-order valence-electron chi connectivity index (χ2n) is 8.43. The SMILES string of the molecule is CCCOc1ccc(NC(=NCC)Nc2ccccc2)cc1-c1nc2c(CCC)nn(C)c2c(=O)[nH]1. The topological polar surface area (TPSA) is 109 Å². The molecule has 2 heterocycles. The number of anilines is 2. The summed E-state index contributed by atoms with van der Waals surface area (Å²) in [5.74, 6) is 1.71. The Bertz CT molecular complexity index is 1410. The number of hydrogen-bond donors (Lipinski definition) is 3. The number of rotatable bonds is 9. The second-order valence-corrected chi connectivity index (χ2v) is 8.43. The van der Waals surface area contributed by atoms with Crippen molar-refractivity contribution in [2.24, 2.45) is 12.0 Å². The zero-order chi connectivity index (χ0) is 25.5. The Hall–Kier alpha value is -4.14. The van der Waals surface area contributed by atoms with Crippen molar-refractivity contribution in [1.29, 1.82) is 0 Å². The number of hydrogen-bond acceptors (Lipinski definition) is 5. The molecule has 36 heavy (non-hydrogen) atoms. The van der Waals surface area contributed by atoms with Crippen LogP contribution in [0.1, 0.15) is 39.3 Å². The summed E-state index contributed by atoms with van der Waals surface area (Å²) in [4.78, 5) is 25.4. The fraction of sp³-hybridized carbons (Fsp3) is 0.333. The van der Waals surface area contributed by atoms with Crippen LogP contribution in [0.15, 0.2) is 58.3 Å². The van der Waals surface area contributed by atoms with Gasteiger partial charge in [0.25, 0.3) is 5.56 Å². The van der Waals surface area contributed by atoms with Crippen molar-refractivity contribution in [2.75, 3.05) is 23.8 Å². The molecule has 0 unspecified atom stereocenters. The molecule has 4 aromatic rings. The van der Waals surface area contributed by atoms with E-state index in [2.05, 4.69) is 39.6 Å². The number of aromatic nitrogens is 4. The molecule has 0 atom stereocenters. The van der Waals surface area contributed by atoms with Gasteiger partial charge in [0.05, 0.1) is 17.9 Å². The van der Waals surface area contributed by atoms with Crippen LogP contribution < -0.4 is 20.9 Å². The van der Waals surface area contributed by atoms with E-state index in [1.807, 2.05) is 55.5 Å². The molecule has 188 valence electrons. The highest BCUT2D eigenvalue weighted by molar-refractivity contribution is 6.04. The fourth-order valence-electron chi connectivity index (χ4n) is 3.97. The van der Waals surface area contributed by atoms with Crippen LogP contribution in [0.5, 0.6) is 5.75 Å². The number of aromatic amines is 1. The van der Waals surface area contributed by atoms with Crippen LogP contribution in [0, 0.1) is 0 Å². The van der Waals surface area contributed by atoms with Gasteiger partial charge in [-0.05, 0) is 50.1 Å². The second kappa shape index (κ2) is 11.5. The molecule has 0 radical (unpaired) electrons. The van der Waals surface area contributed by atoms with Gasteiger partial charge in [0, 0.05) is 25.0 Å². The van der Waals surface area contributed by atoms with Crippen LogP contribution in [0.25, 0.3) is 22.4 Å². The van der Waals surface area contributed by atoms with Gasteiger partial charge in [-0.25, -0.2) is 4.98 Å². The molecular formula is C27H33N7O2. The highest BCUT2D eigenvalue weighted by Gasteiger charge is 2.18. The average molecular weight is 488 g/mol. The van der Waals surface area contributed by atoms with E-state index in [0.717, 1.165) is 36.3 Å². The number of guanidine groups is 1. The first-order valence-electron chi connectivity index (χ1n) is 12.4. The van der Waals surface area contributed by atoms with Crippen molar-refractivity contribution in [1.82, 2.24) is 19.7 Å². The Kier molecular flexibility index (Phi) is 7.99. The summed E-state index contributed by atoms with van der Waals surface area (Å²) < 4.78 is 7.62. The van der Waals surface area contributed by atoms with Gasteiger partial charge in [-0.1, -0.05) is 38.5 Å². The lowest BCUT2D eigenvalue weighted by atomic mass is 10.1. The molecule has 9 heteroatoms. The van der Waals surface area contributed by atoms with Crippen molar-refractivity contribution in [2.45, 2.75) is 40.0 Å². The fourth-order valence-corrected chi connectivity index (χ4v) is 3.97. The summed E-state index contributed by atoms with van der Waals surface area (Å²) in [5.41, 5.74) is 4.08. The maximum atomic E-state index is 13.0. The van der Waals surface area contributed by atoms with Crippen molar-refractivity contribution in [3.8, 4) is 17.1 Å². The molecule has 0 aliphatic rings. The van der Waals surface area contributed by atoms with Crippen LogP contribution in [0.2, 0.25) is 0 Å². The minimum Gasteiger partial charge on any atom is -0.493 e. The Morgan fingerprint density at radius 3 is 2.56 bits per heavy atom. The van der Waals surface area contributed by atoms with Crippen LogP contribution in [-0.4, -0.2) is 38.9 Å². The Morgan fingerprint density at radius 1 is 1.06 bits per heavy atom. The van der Waals surface area contributed by atoms with Gasteiger partial charge in [-0.3, -0.25) is 14.5 Å². The lowest BCUT2D eigenvalue weighted by Crippen LogP contribution is -2.22. The maximum Gasteiger partial charge on any atom is 0.277 e. The molecule has 9 nitrogen and oxygen atoms in total. The molecule has 0 spiro atoms.